The minimum Gasteiger partial charge on any atom is -0.508 e. The van der Waals surface area contributed by atoms with Crippen LogP contribution in [-0.2, 0) is 0 Å². The number of benzene rings is 2. The molecule has 0 saturated carbocycles. The Bertz CT molecular complexity index is 790. The fourth-order valence-electron chi connectivity index (χ4n) is 2.07. The molecule has 5 heteroatoms. The van der Waals surface area contributed by atoms with Gasteiger partial charge < -0.3 is 10.4 Å². The Kier molecular flexibility index (Phi) is 3.62. The average Bonchev–Trinajstić information content (AvgIpc) is 2.96. The first kappa shape index (κ1) is 13.9. The van der Waals surface area contributed by atoms with Crippen LogP contribution in [0.1, 0.15) is 15.9 Å². The molecule has 0 aliphatic heterocycles. The Balaban J connectivity index is 1.74. The number of rotatable bonds is 3. The van der Waals surface area contributed by atoms with Gasteiger partial charge >= 0.3 is 0 Å². The molecule has 0 spiro atoms. The summed E-state index contributed by atoms with van der Waals surface area (Å²) >= 11 is 0. The van der Waals surface area contributed by atoms with Crippen molar-refractivity contribution in [2.75, 3.05) is 5.32 Å². The number of aromatic hydroxyl groups is 1. The molecule has 110 valence electrons. The Labute approximate surface area is 127 Å². The van der Waals surface area contributed by atoms with E-state index in [0.717, 1.165) is 11.3 Å². The predicted octanol–water partition coefficient (Wildman–Crippen LogP) is 3.14. The van der Waals surface area contributed by atoms with Crippen LogP contribution < -0.4 is 5.32 Å². The Morgan fingerprint density at radius 2 is 1.77 bits per heavy atom. The second-order valence-electron chi connectivity index (χ2n) is 5.01. The van der Waals surface area contributed by atoms with Crippen LogP contribution in [0, 0.1) is 6.92 Å². The zero-order valence-corrected chi connectivity index (χ0v) is 12.0. The third-order valence-corrected chi connectivity index (χ3v) is 3.23. The summed E-state index contributed by atoms with van der Waals surface area (Å²) in [5.74, 6) is -0.0363. The Hall–Kier alpha value is -3.08. The Morgan fingerprint density at radius 3 is 2.36 bits per heavy atom. The van der Waals surface area contributed by atoms with Gasteiger partial charge in [0.05, 0.1) is 11.9 Å². The van der Waals surface area contributed by atoms with E-state index < -0.39 is 0 Å². The fraction of sp³-hybridized carbons (Fsp3) is 0.0588. The zero-order chi connectivity index (χ0) is 15.5. The molecular formula is C17H15N3O2. The molecule has 0 atom stereocenters. The molecular weight excluding hydrogens is 278 g/mol. The molecule has 1 heterocycles. The SMILES string of the molecule is Cc1cnn(-c2ccc(C(=O)Nc3ccc(O)cc3)cc2)c1. The van der Waals surface area contributed by atoms with Crippen molar-refractivity contribution in [2.24, 2.45) is 0 Å². The fourth-order valence-corrected chi connectivity index (χ4v) is 2.07. The lowest BCUT2D eigenvalue weighted by Gasteiger charge is -2.06. The van der Waals surface area contributed by atoms with Gasteiger partial charge in [-0.1, -0.05) is 0 Å². The van der Waals surface area contributed by atoms with E-state index in [-0.39, 0.29) is 11.7 Å². The van der Waals surface area contributed by atoms with Gasteiger partial charge in [-0.25, -0.2) is 4.68 Å². The van der Waals surface area contributed by atoms with Crippen molar-refractivity contribution in [3.8, 4) is 11.4 Å². The monoisotopic (exact) mass is 293 g/mol. The lowest BCUT2D eigenvalue weighted by Crippen LogP contribution is -2.11. The van der Waals surface area contributed by atoms with Gasteiger partial charge in [-0.05, 0) is 61.0 Å². The van der Waals surface area contributed by atoms with Crippen LogP contribution in [0.15, 0.2) is 60.9 Å². The van der Waals surface area contributed by atoms with Gasteiger partial charge in [-0.15, -0.1) is 0 Å². The maximum absolute atomic E-state index is 12.2. The summed E-state index contributed by atoms with van der Waals surface area (Å²) in [4.78, 5) is 12.2. The number of hydrogen-bond donors (Lipinski definition) is 2. The lowest BCUT2D eigenvalue weighted by atomic mass is 10.2. The molecule has 0 fully saturated rings. The number of aryl methyl sites for hydroxylation is 1. The smallest absolute Gasteiger partial charge is 0.255 e. The van der Waals surface area contributed by atoms with Crippen molar-refractivity contribution < 1.29 is 9.90 Å². The molecule has 3 rings (SSSR count). The van der Waals surface area contributed by atoms with Gasteiger partial charge in [-0.2, -0.15) is 5.10 Å². The topological polar surface area (TPSA) is 67.2 Å². The second-order valence-corrected chi connectivity index (χ2v) is 5.01. The molecule has 0 radical (unpaired) electrons. The van der Waals surface area contributed by atoms with E-state index in [2.05, 4.69) is 10.4 Å². The molecule has 2 N–H and O–H groups in total. The highest BCUT2D eigenvalue weighted by Crippen LogP contribution is 2.16. The molecule has 0 unspecified atom stereocenters. The van der Waals surface area contributed by atoms with Gasteiger partial charge in [0.1, 0.15) is 5.75 Å². The third kappa shape index (κ3) is 2.98. The molecule has 0 saturated heterocycles. The van der Waals surface area contributed by atoms with Gasteiger partial charge in [0.15, 0.2) is 0 Å². The maximum atomic E-state index is 12.2. The van der Waals surface area contributed by atoms with E-state index in [1.165, 1.54) is 12.1 Å². The maximum Gasteiger partial charge on any atom is 0.255 e. The molecule has 3 aromatic rings. The molecule has 2 aromatic carbocycles. The largest absolute Gasteiger partial charge is 0.508 e. The second kappa shape index (κ2) is 5.73. The van der Waals surface area contributed by atoms with Gasteiger partial charge in [0.25, 0.3) is 5.91 Å². The van der Waals surface area contributed by atoms with Crippen molar-refractivity contribution in [1.82, 2.24) is 9.78 Å². The number of aromatic nitrogens is 2. The Morgan fingerprint density at radius 1 is 1.09 bits per heavy atom. The number of hydrogen-bond acceptors (Lipinski definition) is 3. The van der Waals surface area contributed by atoms with Gasteiger partial charge in [-0.3, -0.25) is 4.79 Å². The molecule has 5 nitrogen and oxygen atoms in total. The number of amides is 1. The summed E-state index contributed by atoms with van der Waals surface area (Å²) in [6, 6.07) is 13.5. The number of phenolic OH excluding ortho intramolecular Hbond substituents is 1. The summed E-state index contributed by atoms with van der Waals surface area (Å²) in [6.07, 6.45) is 3.71. The van der Waals surface area contributed by atoms with Crippen molar-refractivity contribution in [1.29, 1.82) is 0 Å². The highest BCUT2D eigenvalue weighted by atomic mass is 16.3. The van der Waals surface area contributed by atoms with Crippen LogP contribution >= 0.6 is 0 Å². The van der Waals surface area contributed by atoms with Crippen molar-refractivity contribution in [3.05, 3.63) is 72.1 Å². The van der Waals surface area contributed by atoms with Crippen LogP contribution in [0.3, 0.4) is 0 Å². The van der Waals surface area contributed by atoms with Crippen LogP contribution in [0.5, 0.6) is 5.75 Å². The van der Waals surface area contributed by atoms with Crippen molar-refractivity contribution in [2.45, 2.75) is 6.92 Å². The van der Waals surface area contributed by atoms with E-state index in [1.54, 1.807) is 35.1 Å². The van der Waals surface area contributed by atoms with E-state index >= 15 is 0 Å². The summed E-state index contributed by atoms with van der Waals surface area (Å²) in [6.45, 7) is 1.98. The van der Waals surface area contributed by atoms with E-state index in [9.17, 15) is 9.90 Å². The molecule has 0 aliphatic rings. The standard InChI is InChI=1S/C17H15N3O2/c1-12-10-18-20(11-12)15-6-2-13(3-7-15)17(22)19-14-4-8-16(21)9-5-14/h2-11,21H,1H3,(H,19,22). The van der Waals surface area contributed by atoms with Crippen molar-refractivity contribution in [3.63, 3.8) is 0 Å². The van der Waals surface area contributed by atoms with E-state index in [4.69, 9.17) is 0 Å². The van der Waals surface area contributed by atoms with Crippen LogP contribution in [0.25, 0.3) is 5.69 Å². The molecule has 1 amide bonds. The van der Waals surface area contributed by atoms with Gasteiger partial charge in [0.2, 0.25) is 0 Å². The molecule has 0 bridgehead atoms. The number of carbonyl (C=O) groups is 1. The van der Waals surface area contributed by atoms with Crippen LogP contribution in [0.4, 0.5) is 5.69 Å². The van der Waals surface area contributed by atoms with Crippen molar-refractivity contribution >= 4 is 11.6 Å². The van der Waals surface area contributed by atoms with E-state index in [0.29, 0.717) is 11.3 Å². The number of anilines is 1. The average molecular weight is 293 g/mol. The zero-order valence-electron chi connectivity index (χ0n) is 12.0. The highest BCUT2D eigenvalue weighted by molar-refractivity contribution is 6.04. The third-order valence-electron chi connectivity index (χ3n) is 3.23. The van der Waals surface area contributed by atoms with Crippen LogP contribution in [0.2, 0.25) is 0 Å². The summed E-state index contributed by atoms with van der Waals surface area (Å²) in [5.41, 5.74) is 3.17. The van der Waals surface area contributed by atoms with Crippen LogP contribution in [-0.4, -0.2) is 20.8 Å². The normalized spacial score (nSPS) is 10.4. The first-order chi connectivity index (χ1) is 10.6. The number of nitrogens with zero attached hydrogens (tertiary/aromatic N) is 2. The number of nitrogens with one attached hydrogen (secondary N) is 1. The quantitative estimate of drug-likeness (QED) is 0.729. The molecule has 0 aliphatic carbocycles. The first-order valence-electron chi connectivity index (χ1n) is 6.84. The summed E-state index contributed by atoms with van der Waals surface area (Å²) in [7, 11) is 0. The predicted molar refractivity (Wildman–Crippen MR) is 84.4 cm³/mol. The number of carbonyl (C=O) groups excluding carboxylic acids is 1. The number of phenols is 1. The van der Waals surface area contributed by atoms with Gasteiger partial charge in [0, 0.05) is 17.4 Å². The summed E-state index contributed by atoms with van der Waals surface area (Å²) in [5, 5.41) is 16.2. The minimum absolute atomic E-state index is 0.164. The van der Waals surface area contributed by atoms with E-state index in [1.807, 2.05) is 25.3 Å². The highest BCUT2D eigenvalue weighted by Gasteiger charge is 2.07. The molecule has 22 heavy (non-hydrogen) atoms. The summed E-state index contributed by atoms with van der Waals surface area (Å²) < 4.78 is 1.76. The minimum atomic E-state index is -0.200. The lowest BCUT2D eigenvalue weighted by molar-refractivity contribution is 0.102. The molecule has 1 aromatic heterocycles. The first-order valence-corrected chi connectivity index (χ1v) is 6.84.